The van der Waals surface area contributed by atoms with Crippen molar-refractivity contribution in [2.45, 2.75) is 117 Å². The molecule has 0 aliphatic heterocycles. The standard InChI is InChI=1S/C28H44N6/c1-4-17-33-27-15-16-28(3)22(23(28)11-13-25(27)30-31-33)8-6-7-18-34-26-14-10-21-19(5-2)20(21)9-12-24(26)29-32-34/h19-23H,4-18H2,1-3H3/t19-,20-,21+,22+,23+,28-/m0/s1. The van der Waals surface area contributed by atoms with Gasteiger partial charge >= 0.3 is 0 Å². The normalized spacial score (nSPS) is 34.0. The first-order chi connectivity index (χ1) is 16.6. The highest BCUT2D eigenvalue weighted by atomic mass is 15.4. The lowest BCUT2D eigenvalue weighted by Gasteiger charge is -2.16. The van der Waals surface area contributed by atoms with Crippen molar-refractivity contribution < 1.29 is 0 Å². The van der Waals surface area contributed by atoms with Gasteiger partial charge in [-0.1, -0.05) is 44.0 Å². The van der Waals surface area contributed by atoms with Gasteiger partial charge in [0.1, 0.15) is 0 Å². The fourth-order valence-electron chi connectivity index (χ4n) is 8.34. The molecule has 0 bridgehead atoms. The lowest BCUT2D eigenvalue weighted by atomic mass is 9.91. The van der Waals surface area contributed by atoms with E-state index in [0.717, 1.165) is 68.4 Å². The second-order valence-corrected chi connectivity index (χ2v) is 12.1. The Labute approximate surface area is 205 Å². The van der Waals surface area contributed by atoms with E-state index in [1.165, 1.54) is 80.6 Å². The molecule has 0 aromatic carbocycles. The monoisotopic (exact) mass is 464 g/mol. The van der Waals surface area contributed by atoms with Crippen LogP contribution < -0.4 is 0 Å². The van der Waals surface area contributed by atoms with Crippen LogP contribution in [0.1, 0.15) is 101 Å². The maximum absolute atomic E-state index is 4.61. The van der Waals surface area contributed by atoms with Crippen molar-refractivity contribution in [1.29, 1.82) is 0 Å². The van der Waals surface area contributed by atoms with Gasteiger partial charge in [0, 0.05) is 13.1 Å². The molecule has 0 N–H and O–H groups in total. The zero-order valence-electron chi connectivity index (χ0n) is 21.7. The zero-order chi connectivity index (χ0) is 23.3. The molecule has 186 valence electrons. The molecule has 6 heteroatoms. The average Bonchev–Trinajstić information content (AvgIpc) is 3.46. The van der Waals surface area contributed by atoms with Crippen molar-refractivity contribution in [3.05, 3.63) is 22.8 Å². The van der Waals surface area contributed by atoms with E-state index in [4.69, 9.17) is 0 Å². The Hall–Kier alpha value is -1.72. The Morgan fingerprint density at radius 3 is 2.24 bits per heavy atom. The number of aryl methyl sites for hydroxylation is 4. The van der Waals surface area contributed by atoms with E-state index in [2.05, 4.69) is 50.8 Å². The summed E-state index contributed by atoms with van der Waals surface area (Å²) in [5, 5.41) is 18.2. The smallest absolute Gasteiger partial charge is 0.0859 e. The minimum atomic E-state index is 0.540. The molecule has 0 radical (unpaired) electrons. The number of nitrogens with zero attached hydrogens (tertiary/aromatic N) is 6. The molecule has 0 saturated heterocycles. The average molecular weight is 465 g/mol. The molecule has 0 spiro atoms. The third-order valence-electron chi connectivity index (χ3n) is 10.5. The van der Waals surface area contributed by atoms with Crippen LogP contribution in [-0.2, 0) is 38.8 Å². The van der Waals surface area contributed by atoms with Gasteiger partial charge in [-0.3, -0.25) is 0 Å². The molecule has 34 heavy (non-hydrogen) atoms. The Morgan fingerprint density at radius 2 is 1.50 bits per heavy atom. The molecule has 2 aromatic rings. The number of rotatable bonds is 8. The maximum Gasteiger partial charge on any atom is 0.0859 e. The van der Waals surface area contributed by atoms with E-state index in [9.17, 15) is 0 Å². The molecular weight excluding hydrogens is 420 g/mol. The van der Waals surface area contributed by atoms with Crippen LogP contribution in [0, 0.1) is 35.0 Å². The highest BCUT2D eigenvalue weighted by molar-refractivity contribution is 5.18. The van der Waals surface area contributed by atoms with Crippen LogP contribution in [0.4, 0.5) is 0 Å². The first-order valence-electron chi connectivity index (χ1n) is 14.5. The van der Waals surface area contributed by atoms with E-state index in [0.29, 0.717) is 5.41 Å². The number of fused-ring (bicyclic) bond motifs is 4. The zero-order valence-corrected chi connectivity index (χ0v) is 21.7. The summed E-state index contributed by atoms with van der Waals surface area (Å²) in [5.74, 6) is 4.75. The summed E-state index contributed by atoms with van der Waals surface area (Å²) in [6, 6.07) is 0. The summed E-state index contributed by atoms with van der Waals surface area (Å²) in [4.78, 5) is 0. The van der Waals surface area contributed by atoms with Crippen molar-refractivity contribution >= 4 is 0 Å². The van der Waals surface area contributed by atoms with E-state index in [1.807, 2.05) is 0 Å². The SMILES string of the molecule is CCCn1nnc2c1CC[C@@]1(C)[C@H](CCCCn3nnc4c3CC[C@@H]3[C@@H](CC)[C@@H]3CC4)[C@H]1CC2. The Balaban J connectivity index is 1.00. The summed E-state index contributed by atoms with van der Waals surface area (Å²) in [7, 11) is 0. The molecule has 4 aliphatic carbocycles. The van der Waals surface area contributed by atoms with Crippen LogP contribution in [0.3, 0.4) is 0 Å². The van der Waals surface area contributed by atoms with Gasteiger partial charge < -0.3 is 0 Å². The molecule has 0 unspecified atom stereocenters. The predicted octanol–water partition coefficient (Wildman–Crippen LogP) is 5.43. The quantitative estimate of drug-likeness (QED) is 0.489. The van der Waals surface area contributed by atoms with Crippen LogP contribution in [0.25, 0.3) is 0 Å². The van der Waals surface area contributed by atoms with Crippen LogP contribution in [-0.4, -0.2) is 30.0 Å². The van der Waals surface area contributed by atoms with Crippen LogP contribution in [0.15, 0.2) is 0 Å². The van der Waals surface area contributed by atoms with Crippen molar-refractivity contribution in [2.24, 2.45) is 35.0 Å². The van der Waals surface area contributed by atoms with Crippen molar-refractivity contribution in [1.82, 2.24) is 30.0 Å². The summed E-state index contributed by atoms with van der Waals surface area (Å²) in [6.07, 6.45) is 16.4. The lowest BCUT2D eigenvalue weighted by molar-refractivity contribution is 0.400. The molecule has 0 amide bonds. The van der Waals surface area contributed by atoms with Crippen LogP contribution in [0.5, 0.6) is 0 Å². The predicted molar refractivity (Wildman–Crippen MR) is 133 cm³/mol. The number of aromatic nitrogens is 6. The van der Waals surface area contributed by atoms with E-state index in [-0.39, 0.29) is 0 Å². The second kappa shape index (κ2) is 9.05. The molecule has 6 rings (SSSR count). The van der Waals surface area contributed by atoms with Crippen LogP contribution in [0.2, 0.25) is 0 Å². The largest absolute Gasteiger partial charge is 0.249 e. The number of unbranched alkanes of at least 4 members (excludes halogenated alkanes) is 1. The Morgan fingerprint density at radius 1 is 0.824 bits per heavy atom. The van der Waals surface area contributed by atoms with Crippen molar-refractivity contribution in [3.63, 3.8) is 0 Å². The third-order valence-corrected chi connectivity index (χ3v) is 10.5. The third kappa shape index (κ3) is 3.93. The Bertz CT molecular complexity index is 1010. The molecule has 2 fully saturated rings. The molecular formula is C28H44N6. The fourth-order valence-corrected chi connectivity index (χ4v) is 8.34. The summed E-state index contributed by atoms with van der Waals surface area (Å²) in [5.41, 5.74) is 6.03. The lowest BCUT2D eigenvalue weighted by Crippen LogP contribution is -2.12. The molecule has 6 nitrogen and oxygen atoms in total. The number of hydrogen-bond donors (Lipinski definition) is 0. The van der Waals surface area contributed by atoms with E-state index < -0.39 is 0 Å². The maximum atomic E-state index is 4.61. The minimum Gasteiger partial charge on any atom is -0.249 e. The van der Waals surface area contributed by atoms with Gasteiger partial charge in [0.15, 0.2) is 0 Å². The highest BCUT2D eigenvalue weighted by Crippen LogP contribution is 2.65. The van der Waals surface area contributed by atoms with Gasteiger partial charge in [0.2, 0.25) is 0 Å². The van der Waals surface area contributed by atoms with Crippen molar-refractivity contribution in [3.8, 4) is 0 Å². The van der Waals surface area contributed by atoms with E-state index in [1.54, 1.807) is 0 Å². The molecule has 2 heterocycles. The Kier molecular flexibility index (Phi) is 6.05. The summed E-state index contributed by atoms with van der Waals surface area (Å²) in [6.45, 7) is 9.24. The number of hydrogen-bond acceptors (Lipinski definition) is 4. The van der Waals surface area contributed by atoms with Crippen molar-refractivity contribution in [2.75, 3.05) is 0 Å². The van der Waals surface area contributed by atoms with Gasteiger partial charge in [0.05, 0.1) is 22.8 Å². The molecule has 4 aliphatic rings. The first kappa shape index (κ1) is 22.7. The van der Waals surface area contributed by atoms with Gasteiger partial charge in [0.25, 0.3) is 0 Å². The minimum absolute atomic E-state index is 0.540. The molecule has 2 saturated carbocycles. The van der Waals surface area contributed by atoms with Gasteiger partial charge in [-0.25, -0.2) is 9.36 Å². The van der Waals surface area contributed by atoms with Gasteiger partial charge in [-0.15, -0.1) is 10.2 Å². The van der Waals surface area contributed by atoms with E-state index >= 15 is 0 Å². The van der Waals surface area contributed by atoms with Gasteiger partial charge in [-0.05, 0) is 106 Å². The topological polar surface area (TPSA) is 61.4 Å². The van der Waals surface area contributed by atoms with Gasteiger partial charge in [-0.2, -0.15) is 0 Å². The fraction of sp³-hybridized carbons (Fsp3) is 0.857. The highest BCUT2D eigenvalue weighted by Gasteiger charge is 2.59. The summed E-state index contributed by atoms with van der Waals surface area (Å²) >= 11 is 0. The second-order valence-electron chi connectivity index (χ2n) is 12.1. The molecule has 6 atom stereocenters. The summed E-state index contributed by atoms with van der Waals surface area (Å²) < 4.78 is 4.46. The van der Waals surface area contributed by atoms with Crippen LogP contribution >= 0.6 is 0 Å². The molecule has 2 aromatic heterocycles. The first-order valence-corrected chi connectivity index (χ1v) is 14.5.